The summed E-state index contributed by atoms with van der Waals surface area (Å²) in [4.78, 5) is 11.5. The van der Waals surface area contributed by atoms with Gasteiger partial charge in [-0.05, 0) is 25.1 Å². The minimum absolute atomic E-state index is 0.137. The van der Waals surface area contributed by atoms with E-state index in [-0.39, 0.29) is 5.78 Å². The Balaban J connectivity index is 3.07. The fourth-order valence-electron chi connectivity index (χ4n) is 1.29. The molecule has 1 rings (SSSR count). The Morgan fingerprint density at radius 3 is 2.71 bits per heavy atom. The Labute approximate surface area is 89.3 Å². The maximum Gasteiger partial charge on any atom is 0.164 e. The summed E-state index contributed by atoms with van der Waals surface area (Å²) in [5, 5.41) is 3.77. The number of anilines is 1. The van der Waals surface area contributed by atoms with Crippen molar-refractivity contribution in [3.05, 3.63) is 28.8 Å². The predicted octanol–water partition coefficient (Wildman–Crippen LogP) is 3.36. The molecule has 0 aliphatic rings. The summed E-state index contributed by atoms with van der Waals surface area (Å²) in [6, 6.07) is 5.30. The molecule has 76 valence electrons. The van der Waals surface area contributed by atoms with Gasteiger partial charge < -0.3 is 5.32 Å². The third-order valence-electron chi connectivity index (χ3n) is 1.97. The summed E-state index contributed by atoms with van der Waals surface area (Å²) < 4.78 is 0. The Bertz CT molecular complexity index is 336. The van der Waals surface area contributed by atoms with Gasteiger partial charge >= 0.3 is 0 Å². The maximum absolute atomic E-state index is 11.5. The number of ketones is 1. The van der Waals surface area contributed by atoms with Crippen molar-refractivity contribution in [1.82, 2.24) is 0 Å². The minimum atomic E-state index is 0.137. The molecule has 0 spiro atoms. The van der Waals surface area contributed by atoms with Crippen LogP contribution >= 0.6 is 11.6 Å². The number of rotatable bonds is 4. The van der Waals surface area contributed by atoms with Crippen LogP contribution in [-0.2, 0) is 0 Å². The number of hydrogen-bond donors (Lipinski definition) is 1. The van der Waals surface area contributed by atoms with E-state index in [2.05, 4.69) is 5.32 Å². The molecule has 0 saturated carbocycles. The van der Waals surface area contributed by atoms with Crippen molar-refractivity contribution in [1.29, 1.82) is 0 Å². The van der Waals surface area contributed by atoms with Crippen LogP contribution in [0, 0.1) is 0 Å². The third-order valence-corrected chi connectivity index (χ3v) is 2.21. The van der Waals surface area contributed by atoms with Crippen LogP contribution < -0.4 is 5.32 Å². The largest absolute Gasteiger partial charge is 0.385 e. The van der Waals surface area contributed by atoms with Crippen LogP contribution in [0.3, 0.4) is 0 Å². The number of carbonyl (C=O) groups is 1. The van der Waals surface area contributed by atoms with Crippen molar-refractivity contribution in [2.24, 2.45) is 0 Å². The van der Waals surface area contributed by atoms with Crippen molar-refractivity contribution in [2.75, 3.05) is 11.9 Å². The summed E-state index contributed by atoms with van der Waals surface area (Å²) in [5.41, 5.74) is 1.55. The monoisotopic (exact) mass is 211 g/mol. The summed E-state index contributed by atoms with van der Waals surface area (Å²) in [6.45, 7) is 4.62. The Hall–Kier alpha value is -1.02. The lowest BCUT2D eigenvalue weighted by molar-refractivity contribution is 0.0989. The number of hydrogen-bond acceptors (Lipinski definition) is 2. The van der Waals surface area contributed by atoms with Crippen LogP contribution in [-0.4, -0.2) is 12.3 Å². The first-order chi connectivity index (χ1) is 6.69. The van der Waals surface area contributed by atoms with Crippen LogP contribution in [0.15, 0.2) is 18.2 Å². The second kappa shape index (κ2) is 5.01. The normalized spacial score (nSPS) is 9.93. The van der Waals surface area contributed by atoms with Crippen molar-refractivity contribution in [3.63, 3.8) is 0 Å². The molecule has 0 amide bonds. The van der Waals surface area contributed by atoms with E-state index in [4.69, 9.17) is 11.6 Å². The Morgan fingerprint density at radius 2 is 2.14 bits per heavy atom. The van der Waals surface area contributed by atoms with Crippen LogP contribution in [0.1, 0.15) is 30.6 Å². The SMILES string of the molecule is CCNc1cc(Cl)ccc1C(=O)CC. The van der Waals surface area contributed by atoms with Crippen molar-refractivity contribution >= 4 is 23.1 Å². The molecule has 14 heavy (non-hydrogen) atoms. The molecule has 1 N–H and O–H groups in total. The summed E-state index contributed by atoms with van der Waals surface area (Å²) in [6.07, 6.45) is 0.514. The van der Waals surface area contributed by atoms with E-state index in [0.29, 0.717) is 11.4 Å². The molecule has 0 atom stereocenters. The van der Waals surface area contributed by atoms with Gasteiger partial charge in [-0.1, -0.05) is 18.5 Å². The van der Waals surface area contributed by atoms with E-state index in [9.17, 15) is 4.79 Å². The van der Waals surface area contributed by atoms with E-state index in [1.54, 1.807) is 18.2 Å². The molecule has 1 aromatic carbocycles. The van der Waals surface area contributed by atoms with Gasteiger partial charge in [0.15, 0.2) is 5.78 Å². The molecule has 0 heterocycles. The molecule has 0 fully saturated rings. The van der Waals surface area contributed by atoms with E-state index in [1.165, 1.54) is 0 Å². The van der Waals surface area contributed by atoms with E-state index >= 15 is 0 Å². The lowest BCUT2D eigenvalue weighted by atomic mass is 10.1. The van der Waals surface area contributed by atoms with Crippen LogP contribution in [0.4, 0.5) is 5.69 Å². The molecule has 0 unspecified atom stereocenters. The third kappa shape index (κ3) is 2.48. The van der Waals surface area contributed by atoms with Crippen molar-refractivity contribution in [2.45, 2.75) is 20.3 Å². The second-order valence-corrected chi connectivity index (χ2v) is 3.43. The Kier molecular flexibility index (Phi) is 3.96. The van der Waals surface area contributed by atoms with Gasteiger partial charge in [-0.3, -0.25) is 4.79 Å². The standard InChI is InChI=1S/C11H14ClNO/c1-3-11(14)9-6-5-8(12)7-10(9)13-4-2/h5-7,13H,3-4H2,1-2H3. The zero-order valence-electron chi connectivity index (χ0n) is 8.43. The van der Waals surface area contributed by atoms with Gasteiger partial charge in [-0.25, -0.2) is 0 Å². The first-order valence-corrected chi connectivity index (χ1v) is 5.13. The highest BCUT2D eigenvalue weighted by Crippen LogP contribution is 2.22. The topological polar surface area (TPSA) is 29.1 Å². The van der Waals surface area contributed by atoms with E-state index in [0.717, 1.165) is 17.8 Å². The average Bonchev–Trinajstić information content (AvgIpc) is 2.17. The van der Waals surface area contributed by atoms with Gasteiger partial charge in [0.1, 0.15) is 0 Å². The number of nitrogens with one attached hydrogen (secondary N) is 1. The average molecular weight is 212 g/mol. The summed E-state index contributed by atoms with van der Waals surface area (Å²) in [7, 11) is 0. The number of carbonyl (C=O) groups excluding carboxylic acids is 1. The van der Waals surface area contributed by atoms with Crippen LogP contribution in [0.25, 0.3) is 0 Å². The van der Waals surface area contributed by atoms with Gasteiger partial charge in [0.25, 0.3) is 0 Å². The van der Waals surface area contributed by atoms with Crippen molar-refractivity contribution < 1.29 is 4.79 Å². The van der Waals surface area contributed by atoms with Gasteiger partial charge in [-0.2, -0.15) is 0 Å². The molecule has 0 aromatic heterocycles. The van der Waals surface area contributed by atoms with Crippen molar-refractivity contribution in [3.8, 4) is 0 Å². The molecular formula is C11H14ClNO. The van der Waals surface area contributed by atoms with Gasteiger partial charge in [0.2, 0.25) is 0 Å². The smallest absolute Gasteiger partial charge is 0.164 e. The highest BCUT2D eigenvalue weighted by molar-refractivity contribution is 6.31. The number of benzene rings is 1. The zero-order chi connectivity index (χ0) is 10.6. The first-order valence-electron chi connectivity index (χ1n) is 4.75. The predicted molar refractivity (Wildman–Crippen MR) is 60.2 cm³/mol. The fourth-order valence-corrected chi connectivity index (χ4v) is 1.46. The zero-order valence-corrected chi connectivity index (χ0v) is 9.19. The number of halogens is 1. The molecule has 0 bridgehead atoms. The van der Waals surface area contributed by atoms with E-state index < -0.39 is 0 Å². The molecule has 3 heteroatoms. The van der Waals surface area contributed by atoms with Gasteiger partial charge in [0.05, 0.1) is 0 Å². The first kappa shape index (κ1) is 11.1. The van der Waals surface area contributed by atoms with Crippen LogP contribution in [0.2, 0.25) is 5.02 Å². The summed E-state index contributed by atoms with van der Waals surface area (Å²) in [5.74, 6) is 0.137. The van der Waals surface area contributed by atoms with Gasteiger partial charge in [0, 0.05) is 29.2 Å². The molecule has 2 nitrogen and oxygen atoms in total. The molecule has 0 aliphatic heterocycles. The minimum Gasteiger partial charge on any atom is -0.385 e. The van der Waals surface area contributed by atoms with E-state index in [1.807, 2.05) is 13.8 Å². The highest BCUT2D eigenvalue weighted by Gasteiger charge is 2.08. The fraction of sp³-hybridized carbons (Fsp3) is 0.364. The molecule has 0 aliphatic carbocycles. The lowest BCUT2D eigenvalue weighted by Gasteiger charge is -2.09. The second-order valence-electron chi connectivity index (χ2n) is 3.00. The molecule has 0 saturated heterocycles. The summed E-state index contributed by atoms with van der Waals surface area (Å²) >= 11 is 5.85. The highest BCUT2D eigenvalue weighted by atomic mass is 35.5. The quantitative estimate of drug-likeness (QED) is 0.774. The molecule has 1 aromatic rings. The molecular weight excluding hydrogens is 198 g/mol. The number of Topliss-reactive ketones (excluding diaryl/α,β-unsaturated/α-hetero) is 1. The lowest BCUT2D eigenvalue weighted by Crippen LogP contribution is -2.05. The maximum atomic E-state index is 11.5. The van der Waals surface area contributed by atoms with Gasteiger partial charge in [-0.15, -0.1) is 0 Å². The molecule has 0 radical (unpaired) electrons. The van der Waals surface area contributed by atoms with Crippen LogP contribution in [0.5, 0.6) is 0 Å². The Morgan fingerprint density at radius 1 is 1.43 bits per heavy atom.